The number of nitrogens with zero attached hydrogens (tertiary/aromatic N) is 1. The summed E-state index contributed by atoms with van der Waals surface area (Å²) >= 11 is 0. The molecule has 0 spiro atoms. The van der Waals surface area contributed by atoms with Gasteiger partial charge in [-0.2, -0.15) is 0 Å². The van der Waals surface area contributed by atoms with E-state index in [0.29, 0.717) is 25.8 Å². The molecule has 2 fully saturated rings. The number of hydrogen-bond acceptors (Lipinski definition) is 3. The van der Waals surface area contributed by atoms with Gasteiger partial charge in [-0.1, -0.05) is 0 Å². The number of carboxylic acid groups (broad SMARTS) is 1. The Labute approximate surface area is 113 Å². The van der Waals surface area contributed by atoms with E-state index in [1.165, 1.54) is 4.90 Å². The van der Waals surface area contributed by atoms with Crippen molar-refractivity contribution in [1.82, 2.24) is 4.90 Å². The molecule has 0 saturated carbocycles. The first-order valence-electron chi connectivity index (χ1n) is 7.13. The Morgan fingerprint density at radius 1 is 1.42 bits per heavy atom. The van der Waals surface area contributed by atoms with Gasteiger partial charge in [-0.25, -0.2) is 4.79 Å². The molecule has 2 saturated heterocycles. The standard InChI is InChI=1S/C14H23NO4/c1-10-4-5-11(19-10)6-7-12(16)15-9-3-8-14(15,2)13(17)18/h10-11H,3-9H2,1-2H3,(H,17,18). The van der Waals surface area contributed by atoms with Gasteiger partial charge in [-0.3, -0.25) is 4.79 Å². The van der Waals surface area contributed by atoms with Gasteiger partial charge >= 0.3 is 5.97 Å². The summed E-state index contributed by atoms with van der Waals surface area (Å²) in [6.45, 7) is 4.25. The molecule has 0 bridgehead atoms. The SMILES string of the molecule is CC1CCC(CCC(=O)N2CCCC2(C)C(=O)O)O1. The summed E-state index contributed by atoms with van der Waals surface area (Å²) in [6, 6.07) is 0. The van der Waals surface area contributed by atoms with Crippen LogP contribution in [-0.4, -0.2) is 46.2 Å². The van der Waals surface area contributed by atoms with Crippen molar-refractivity contribution in [3.05, 3.63) is 0 Å². The van der Waals surface area contributed by atoms with Crippen molar-refractivity contribution in [2.45, 2.75) is 70.1 Å². The van der Waals surface area contributed by atoms with Gasteiger partial charge in [-0.15, -0.1) is 0 Å². The first-order valence-corrected chi connectivity index (χ1v) is 7.13. The maximum absolute atomic E-state index is 12.2. The highest BCUT2D eigenvalue weighted by atomic mass is 16.5. The average molecular weight is 269 g/mol. The largest absolute Gasteiger partial charge is 0.480 e. The smallest absolute Gasteiger partial charge is 0.329 e. The predicted molar refractivity (Wildman–Crippen MR) is 69.8 cm³/mol. The third-order valence-corrected chi connectivity index (χ3v) is 4.40. The number of carbonyl (C=O) groups is 2. The second kappa shape index (κ2) is 5.49. The normalized spacial score (nSPS) is 34.7. The van der Waals surface area contributed by atoms with E-state index in [-0.39, 0.29) is 18.1 Å². The fraction of sp³-hybridized carbons (Fsp3) is 0.857. The molecule has 5 heteroatoms. The Kier molecular flexibility index (Phi) is 4.13. The maximum Gasteiger partial charge on any atom is 0.329 e. The Balaban J connectivity index is 1.87. The number of likely N-dealkylation sites (tertiary alicyclic amines) is 1. The van der Waals surface area contributed by atoms with Crippen LogP contribution >= 0.6 is 0 Å². The minimum Gasteiger partial charge on any atom is -0.480 e. The number of carbonyl (C=O) groups excluding carboxylic acids is 1. The van der Waals surface area contributed by atoms with Gasteiger partial charge in [-0.05, 0) is 46.0 Å². The molecule has 3 unspecified atom stereocenters. The number of hydrogen-bond donors (Lipinski definition) is 1. The first-order chi connectivity index (χ1) is 8.93. The van der Waals surface area contributed by atoms with Crippen LogP contribution in [0.5, 0.6) is 0 Å². The summed E-state index contributed by atoms with van der Waals surface area (Å²) in [5.41, 5.74) is -1.01. The van der Waals surface area contributed by atoms with E-state index in [1.54, 1.807) is 6.92 Å². The molecule has 2 aliphatic heterocycles. The van der Waals surface area contributed by atoms with Crippen LogP contribution in [0.1, 0.15) is 52.4 Å². The number of amides is 1. The average Bonchev–Trinajstić information content (AvgIpc) is 2.93. The van der Waals surface area contributed by atoms with E-state index in [9.17, 15) is 14.7 Å². The quantitative estimate of drug-likeness (QED) is 0.845. The lowest BCUT2D eigenvalue weighted by atomic mass is 9.98. The molecule has 2 aliphatic rings. The van der Waals surface area contributed by atoms with Crippen LogP contribution in [0.3, 0.4) is 0 Å². The Morgan fingerprint density at radius 3 is 2.74 bits per heavy atom. The van der Waals surface area contributed by atoms with Gasteiger partial charge in [0, 0.05) is 13.0 Å². The minimum atomic E-state index is -1.01. The summed E-state index contributed by atoms with van der Waals surface area (Å²) in [7, 11) is 0. The van der Waals surface area contributed by atoms with Crippen molar-refractivity contribution in [1.29, 1.82) is 0 Å². The molecule has 3 atom stereocenters. The zero-order valence-electron chi connectivity index (χ0n) is 11.7. The van der Waals surface area contributed by atoms with Gasteiger partial charge in [0.2, 0.25) is 5.91 Å². The molecule has 1 amide bonds. The zero-order chi connectivity index (χ0) is 14.0. The summed E-state index contributed by atoms with van der Waals surface area (Å²) < 4.78 is 5.69. The molecule has 108 valence electrons. The molecule has 19 heavy (non-hydrogen) atoms. The summed E-state index contributed by atoms with van der Waals surface area (Å²) in [5, 5.41) is 9.29. The zero-order valence-corrected chi connectivity index (χ0v) is 11.7. The fourth-order valence-corrected chi connectivity index (χ4v) is 3.10. The van der Waals surface area contributed by atoms with Crippen LogP contribution < -0.4 is 0 Å². The Bertz CT molecular complexity index is 370. The highest BCUT2D eigenvalue weighted by molar-refractivity contribution is 5.87. The van der Waals surface area contributed by atoms with Crippen molar-refractivity contribution >= 4 is 11.9 Å². The second-order valence-electron chi connectivity index (χ2n) is 5.91. The van der Waals surface area contributed by atoms with Gasteiger partial charge < -0.3 is 14.7 Å². The van der Waals surface area contributed by atoms with E-state index in [2.05, 4.69) is 0 Å². The van der Waals surface area contributed by atoms with E-state index < -0.39 is 11.5 Å². The molecule has 2 rings (SSSR count). The van der Waals surface area contributed by atoms with Crippen molar-refractivity contribution in [2.24, 2.45) is 0 Å². The number of carboxylic acids is 1. The van der Waals surface area contributed by atoms with Crippen molar-refractivity contribution in [2.75, 3.05) is 6.54 Å². The fourth-order valence-electron chi connectivity index (χ4n) is 3.10. The lowest BCUT2D eigenvalue weighted by molar-refractivity contribution is -0.155. The Morgan fingerprint density at radius 2 is 2.16 bits per heavy atom. The van der Waals surface area contributed by atoms with Crippen LogP contribution in [0.2, 0.25) is 0 Å². The molecular weight excluding hydrogens is 246 g/mol. The summed E-state index contributed by atoms with van der Waals surface area (Å²) in [5.74, 6) is -0.949. The Hall–Kier alpha value is -1.10. The van der Waals surface area contributed by atoms with Gasteiger partial charge in [0.25, 0.3) is 0 Å². The maximum atomic E-state index is 12.2. The molecule has 2 heterocycles. The number of rotatable bonds is 4. The highest BCUT2D eigenvalue weighted by Gasteiger charge is 2.45. The van der Waals surface area contributed by atoms with Crippen molar-refractivity contribution in [3.8, 4) is 0 Å². The van der Waals surface area contributed by atoms with Crippen molar-refractivity contribution < 1.29 is 19.4 Å². The lowest BCUT2D eigenvalue weighted by Gasteiger charge is -2.31. The molecule has 0 aromatic heterocycles. The van der Waals surface area contributed by atoms with Crippen molar-refractivity contribution in [3.63, 3.8) is 0 Å². The minimum absolute atomic E-state index is 0.0504. The summed E-state index contributed by atoms with van der Waals surface area (Å²) in [4.78, 5) is 25.1. The van der Waals surface area contributed by atoms with E-state index in [4.69, 9.17) is 4.74 Å². The van der Waals surface area contributed by atoms with Crippen LogP contribution in [-0.2, 0) is 14.3 Å². The van der Waals surface area contributed by atoms with Gasteiger partial charge in [0.15, 0.2) is 0 Å². The van der Waals surface area contributed by atoms with Crippen LogP contribution in [0, 0.1) is 0 Å². The summed E-state index contributed by atoms with van der Waals surface area (Å²) in [6.07, 6.45) is 4.92. The first kappa shape index (κ1) is 14.3. The predicted octanol–water partition coefficient (Wildman–Crippen LogP) is 1.80. The lowest BCUT2D eigenvalue weighted by Crippen LogP contribution is -2.50. The van der Waals surface area contributed by atoms with E-state index >= 15 is 0 Å². The van der Waals surface area contributed by atoms with E-state index in [1.807, 2.05) is 6.92 Å². The van der Waals surface area contributed by atoms with Crippen LogP contribution in [0.25, 0.3) is 0 Å². The number of aliphatic carboxylic acids is 1. The third kappa shape index (κ3) is 2.91. The topological polar surface area (TPSA) is 66.8 Å². The molecule has 0 aliphatic carbocycles. The van der Waals surface area contributed by atoms with Crippen LogP contribution in [0.15, 0.2) is 0 Å². The second-order valence-corrected chi connectivity index (χ2v) is 5.91. The van der Waals surface area contributed by atoms with Crippen LogP contribution in [0.4, 0.5) is 0 Å². The molecule has 0 aromatic rings. The highest BCUT2D eigenvalue weighted by Crippen LogP contribution is 2.31. The molecular formula is C14H23NO4. The molecule has 0 radical (unpaired) electrons. The molecule has 5 nitrogen and oxygen atoms in total. The van der Waals surface area contributed by atoms with Gasteiger partial charge in [0.1, 0.15) is 5.54 Å². The third-order valence-electron chi connectivity index (χ3n) is 4.40. The molecule has 1 N–H and O–H groups in total. The van der Waals surface area contributed by atoms with Gasteiger partial charge in [0.05, 0.1) is 12.2 Å². The molecule has 0 aromatic carbocycles. The monoisotopic (exact) mass is 269 g/mol. The van der Waals surface area contributed by atoms with E-state index in [0.717, 1.165) is 19.3 Å². The number of ether oxygens (including phenoxy) is 1.